The van der Waals surface area contributed by atoms with E-state index >= 15 is 0 Å². The Morgan fingerprint density at radius 3 is 2.48 bits per heavy atom. The lowest BCUT2D eigenvalue weighted by Crippen LogP contribution is -2.19. The maximum Gasteiger partial charge on any atom is 0.418 e. The summed E-state index contributed by atoms with van der Waals surface area (Å²) in [6, 6.07) is 9.36. The Morgan fingerprint density at radius 1 is 1.16 bits per heavy atom. The first-order valence-electron chi connectivity index (χ1n) is 7.63. The number of imidazole rings is 1. The van der Waals surface area contributed by atoms with Gasteiger partial charge in [0.15, 0.2) is 0 Å². The van der Waals surface area contributed by atoms with Crippen LogP contribution in [0.1, 0.15) is 16.7 Å². The van der Waals surface area contributed by atoms with Crippen molar-refractivity contribution in [2.24, 2.45) is 0 Å². The maximum absolute atomic E-state index is 13.2. The highest BCUT2D eigenvalue weighted by atomic mass is 19.4. The molecule has 0 bridgehead atoms. The van der Waals surface area contributed by atoms with E-state index in [1.54, 1.807) is 12.1 Å². The summed E-state index contributed by atoms with van der Waals surface area (Å²) in [7, 11) is 0. The zero-order chi connectivity index (χ0) is 18.2. The number of amides is 1. The average molecular weight is 347 g/mol. The van der Waals surface area contributed by atoms with Crippen LogP contribution in [-0.2, 0) is 17.5 Å². The molecule has 1 N–H and O–H groups in total. The lowest BCUT2D eigenvalue weighted by Gasteiger charge is -2.12. The summed E-state index contributed by atoms with van der Waals surface area (Å²) < 4.78 is 40.8. The highest BCUT2D eigenvalue weighted by molar-refractivity contribution is 5.92. The number of nitrogens with zero attached hydrogens (tertiary/aromatic N) is 2. The third-order valence-corrected chi connectivity index (χ3v) is 3.76. The van der Waals surface area contributed by atoms with E-state index in [0.717, 1.165) is 17.2 Å². The highest BCUT2D eigenvalue weighted by Gasteiger charge is 2.34. The smallest absolute Gasteiger partial charge is 0.325 e. The van der Waals surface area contributed by atoms with Crippen molar-refractivity contribution < 1.29 is 18.0 Å². The second kappa shape index (κ2) is 6.23. The third-order valence-electron chi connectivity index (χ3n) is 3.76. The Balaban J connectivity index is 1.89. The predicted octanol–water partition coefficient (Wildman–Crippen LogP) is 4.31. The number of anilines is 1. The van der Waals surface area contributed by atoms with Crippen LogP contribution in [-0.4, -0.2) is 15.5 Å². The zero-order valence-corrected chi connectivity index (χ0v) is 13.7. The number of carbonyl (C=O) groups is 1. The van der Waals surface area contributed by atoms with Crippen molar-refractivity contribution in [3.8, 4) is 0 Å². The number of hydrogen-bond donors (Lipinski definition) is 1. The van der Waals surface area contributed by atoms with Crippen molar-refractivity contribution in [3.63, 3.8) is 0 Å². The number of hydrogen-bond acceptors (Lipinski definition) is 2. The van der Waals surface area contributed by atoms with Gasteiger partial charge in [-0.05, 0) is 49.2 Å². The fraction of sp³-hybridized carbons (Fsp3) is 0.222. The summed E-state index contributed by atoms with van der Waals surface area (Å²) in [4.78, 5) is 16.2. The van der Waals surface area contributed by atoms with Crippen LogP contribution in [0.5, 0.6) is 0 Å². The van der Waals surface area contributed by atoms with Crippen LogP contribution in [0.4, 0.5) is 18.9 Å². The predicted molar refractivity (Wildman–Crippen MR) is 89.3 cm³/mol. The third kappa shape index (κ3) is 3.65. The minimum Gasteiger partial charge on any atom is -0.325 e. The number of rotatable bonds is 3. The number of fused-ring (bicyclic) bond motifs is 1. The lowest BCUT2D eigenvalue weighted by atomic mass is 10.1. The first-order valence-corrected chi connectivity index (χ1v) is 7.63. The number of aryl methyl sites for hydroxylation is 2. The number of alkyl halides is 3. The van der Waals surface area contributed by atoms with Gasteiger partial charge in [0.2, 0.25) is 5.91 Å². The molecule has 0 atom stereocenters. The number of halogens is 3. The van der Waals surface area contributed by atoms with E-state index in [4.69, 9.17) is 0 Å². The SMILES string of the molecule is Cc1cc(C)cc(NC(=O)Cn2cnc3cccc(C(F)(F)F)c32)c1. The van der Waals surface area contributed by atoms with Gasteiger partial charge in [0.25, 0.3) is 0 Å². The molecule has 130 valence electrons. The van der Waals surface area contributed by atoms with Crippen molar-refractivity contribution >= 4 is 22.6 Å². The van der Waals surface area contributed by atoms with E-state index in [1.165, 1.54) is 23.0 Å². The minimum atomic E-state index is -4.51. The van der Waals surface area contributed by atoms with Crippen LogP contribution in [0.3, 0.4) is 0 Å². The van der Waals surface area contributed by atoms with Gasteiger partial charge in [0, 0.05) is 5.69 Å². The van der Waals surface area contributed by atoms with Gasteiger partial charge in [-0.15, -0.1) is 0 Å². The molecular weight excluding hydrogens is 331 g/mol. The van der Waals surface area contributed by atoms with Crippen LogP contribution in [0.15, 0.2) is 42.7 Å². The summed E-state index contributed by atoms with van der Waals surface area (Å²) in [5.41, 5.74) is 1.90. The van der Waals surface area contributed by atoms with Crippen LogP contribution in [0, 0.1) is 13.8 Å². The van der Waals surface area contributed by atoms with Gasteiger partial charge in [0.1, 0.15) is 6.54 Å². The van der Waals surface area contributed by atoms with Crippen LogP contribution in [0.2, 0.25) is 0 Å². The molecule has 0 aliphatic rings. The largest absolute Gasteiger partial charge is 0.418 e. The number of nitrogens with one attached hydrogen (secondary N) is 1. The van der Waals surface area contributed by atoms with Gasteiger partial charge < -0.3 is 9.88 Å². The van der Waals surface area contributed by atoms with E-state index in [-0.39, 0.29) is 17.6 Å². The Morgan fingerprint density at radius 2 is 1.84 bits per heavy atom. The van der Waals surface area contributed by atoms with Gasteiger partial charge in [-0.3, -0.25) is 4.79 Å². The topological polar surface area (TPSA) is 46.9 Å². The second-order valence-electron chi connectivity index (χ2n) is 5.97. The molecule has 1 heterocycles. The van der Waals surface area contributed by atoms with E-state index in [9.17, 15) is 18.0 Å². The van der Waals surface area contributed by atoms with Crippen LogP contribution < -0.4 is 5.32 Å². The van der Waals surface area contributed by atoms with E-state index < -0.39 is 17.6 Å². The summed E-state index contributed by atoms with van der Waals surface area (Å²) in [6.45, 7) is 3.56. The van der Waals surface area contributed by atoms with Crippen molar-refractivity contribution in [1.29, 1.82) is 0 Å². The number of carbonyl (C=O) groups excluding carboxylic acids is 1. The molecule has 0 aliphatic carbocycles. The number of aromatic nitrogens is 2. The Bertz CT molecular complexity index is 924. The van der Waals surface area contributed by atoms with Gasteiger partial charge in [0.05, 0.1) is 22.9 Å². The molecule has 3 aromatic rings. The molecule has 0 unspecified atom stereocenters. The molecular formula is C18H16F3N3O. The van der Waals surface area contributed by atoms with Gasteiger partial charge in [-0.2, -0.15) is 13.2 Å². The van der Waals surface area contributed by atoms with Gasteiger partial charge in [-0.1, -0.05) is 12.1 Å². The molecule has 1 amide bonds. The molecule has 0 aliphatic heterocycles. The zero-order valence-electron chi connectivity index (χ0n) is 13.7. The summed E-state index contributed by atoms with van der Waals surface area (Å²) >= 11 is 0. The minimum absolute atomic E-state index is 0.0921. The summed E-state index contributed by atoms with van der Waals surface area (Å²) in [5, 5.41) is 2.72. The molecule has 3 rings (SSSR count). The first-order chi connectivity index (χ1) is 11.7. The van der Waals surface area contributed by atoms with E-state index in [0.29, 0.717) is 5.69 Å². The molecule has 7 heteroatoms. The monoisotopic (exact) mass is 347 g/mol. The van der Waals surface area contributed by atoms with Gasteiger partial charge >= 0.3 is 6.18 Å². The fourth-order valence-corrected chi connectivity index (χ4v) is 2.88. The normalized spacial score (nSPS) is 11.7. The molecule has 0 fully saturated rings. The number of para-hydroxylation sites is 1. The molecule has 0 spiro atoms. The first kappa shape index (κ1) is 17.0. The highest BCUT2D eigenvalue weighted by Crippen LogP contribution is 2.34. The number of benzene rings is 2. The van der Waals surface area contributed by atoms with Crippen molar-refractivity contribution in [1.82, 2.24) is 9.55 Å². The maximum atomic E-state index is 13.2. The van der Waals surface area contributed by atoms with E-state index in [1.807, 2.05) is 19.9 Å². The molecule has 0 saturated heterocycles. The molecule has 2 aromatic carbocycles. The quantitative estimate of drug-likeness (QED) is 0.767. The standard InChI is InChI=1S/C18H16F3N3O/c1-11-6-12(2)8-13(7-11)23-16(25)9-24-10-22-15-5-3-4-14(17(15)24)18(19,20)21/h3-8,10H,9H2,1-2H3,(H,23,25). The van der Waals surface area contributed by atoms with Crippen molar-refractivity contribution in [2.75, 3.05) is 5.32 Å². The van der Waals surface area contributed by atoms with Gasteiger partial charge in [-0.25, -0.2) is 4.98 Å². The summed E-state index contributed by atoms with van der Waals surface area (Å²) in [6.07, 6.45) is -3.26. The Hall–Kier alpha value is -2.83. The van der Waals surface area contributed by atoms with Crippen molar-refractivity contribution in [2.45, 2.75) is 26.6 Å². The average Bonchev–Trinajstić information content (AvgIpc) is 2.88. The fourth-order valence-electron chi connectivity index (χ4n) is 2.88. The Labute approximate surface area is 142 Å². The summed E-state index contributed by atoms with van der Waals surface area (Å²) in [5.74, 6) is -0.415. The molecule has 1 aromatic heterocycles. The van der Waals surface area contributed by atoms with Crippen LogP contribution >= 0.6 is 0 Å². The lowest BCUT2D eigenvalue weighted by molar-refractivity contribution is -0.136. The van der Waals surface area contributed by atoms with Crippen LogP contribution in [0.25, 0.3) is 11.0 Å². The molecule has 25 heavy (non-hydrogen) atoms. The Kier molecular flexibility index (Phi) is 4.24. The molecule has 0 radical (unpaired) electrons. The van der Waals surface area contributed by atoms with E-state index in [2.05, 4.69) is 10.3 Å². The molecule has 0 saturated carbocycles. The second-order valence-corrected chi connectivity index (χ2v) is 5.97. The van der Waals surface area contributed by atoms with Crippen molar-refractivity contribution in [3.05, 3.63) is 59.4 Å². The molecule has 4 nitrogen and oxygen atoms in total.